The van der Waals surface area contributed by atoms with E-state index in [0.29, 0.717) is 6.42 Å². The SMILES string of the molecule is Cc1cc(C)cc(OCCN2C(=O)N[C@@H](Cc3c[nH]c4ccccc34)C2=O)c1. The predicted octanol–water partition coefficient (Wildman–Crippen LogP) is 3.33. The second-order valence-corrected chi connectivity index (χ2v) is 7.23. The van der Waals surface area contributed by atoms with Gasteiger partial charge in [0.15, 0.2) is 0 Å². The quantitative estimate of drug-likeness (QED) is 0.647. The van der Waals surface area contributed by atoms with Crippen LogP contribution in [0.1, 0.15) is 16.7 Å². The van der Waals surface area contributed by atoms with Crippen LogP contribution in [0.3, 0.4) is 0 Å². The third-order valence-electron chi connectivity index (χ3n) is 4.98. The van der Waals surface area contributed by atoms with Crippen molar-refractivity contribution in [2.24, 2.45) is 0 Å². The van der Waals surface area contributed by atoms with Crippen molar-refractivity contribution in [2.45, 2.75) is 26.3 Å². The summed E-state index contributed by atoms with van der Waals surface area (Å²) in [6.45, 7) is 4.50. The van der Waals surface area contributed by atoms with Gasteiger partial charge < -0.3 is 15.0 Å². The molecule has 0 bridgehead atoms. The fraction of sp³-hybridized carbons (Fsp3) is 0.273. The summed E-state index contributed by atoms with van der Waals surface area (Å²) < 4.78 is 5.75. The number of para-hydroxylation sites is 1. The number of aromatic amines is 1. The Bertz CT molecular complexity index is 1020. The Morgan fingerprint density at radius 2 is 1.82 bits per heavy atom. The molecular weight excluding hydrogens is 354 g/mol. The van der Waals surface area contributed by atoms with Crippen molar-refractivity contribution in [3.05, 3.63) is 65.4 Å². The van der Waals surface area contributed by atoms with E-state index in [-0.39, 0.29) is 25.1 Å². The van der Waals surface area contributed by atoms with E-state index in [4.69, 9.17) is 4.74 Å². The number of H-pyrrole nitrogens is 1. The van der Waals surface area contributed by atoms with Gasteiger partial charge in [-0.1, -0.05) is 24.3 Å². The Balaban J connectivity index is 1.38. The number of hydrogen-bond donors (Lipinski definition) is 2. The fourth-order valence-electron chi connectivity index (χ4n) is 3.72. The number of imide groups is 1. The number of rotatable bonds is 6. The summed E-state index contributed by atoms with van der Waals surface area (Å²) in [5.74, 6) is 0.541. The highest BCUT2D eigenvalue weighted by atomic mass is 16.5. The lowest BCUT2D eigenvalue weighted by atomic mass is 10.1. The first kappa shape index (κ1) is 18.1. The normalized spacial score (nSPS) is 16.6. The van der Waals surface area contributed by atoms with Gasteiger partial charge in [-0.3, -0.25) is 9.69 Å². The molecule has 0 aliphatic carbocycles. The zero-order valence-corrected chi connectivity index (χ0v) is 16.0. The lowest BCUT2D eigenvalue weighted by molar-refractivity contribution is -0.127. The van der Waals surface area contributed by atoms with Crippen LogP contribution in [0.15, 0.2) is 48.7 Å². The number of benzene rings is 2. The molecule has 1 atom stereocenters. The van der Waals surface area contributed by atoms with Gasteiger partial charge in [-0.15, -0.1) is 0 Å². The summed E-state index contributed by atoms with van der Waals surface area (Å²) in [7, 11) is 0. The van der Waals surface area contributed by atoms with Crippen molar-refractivity contribution in [1.82, 2.24) is 15.2 Å². The smallest absolute Gasteiger partial charge is 0.324 e. The van der Waals surface area contributed by atoms with Gasteiger partial charge in [0.25, 0.3) is 5.91 Å². The molecule has 2 heterocycles. The van der Waals surface area contributed by atoms with Crippen LogP contribution >= 0.6 is 0 Å². The number of hydrogen-bond acceptors (Lipinski definition) is 3. The number of fused-ring (bicyclic) bond motifs is 1. The van der Waals surface area contributed by atoms with Crippen LogP contribution in [0.4, 0.5) is 4.79 Å². The molecule has 0 unspecified atom stereocenters. The number of nitrogens with one attached hydrogen (secondary N) is 2. The van der Waals surface area contributed by atoms with Gasteiger partial charge >= 0.3 is 6.03 Å². The number of urea groups is 1. The fourth-order valence-corrected chi connectivity index (χ4v) is 3.72. The first-order valence-corrected chi connectivity index (χ1v) is 9.39. The molecule has 1 aromatic heterocycles. The van der Waals surface area contributed by atoms with Crippen molar-refractivity contribution in [3.8, 4) is 5.75 Å². The second kappa shape index (κ2) is 7.38. The summed E-state index contributed by atoms with van der Waals surface area (Å²) in [5, 5.41) is 3.86. The third-order valence-corrected chi connectivity index (χ3v) is 4.98. The standard InChI is InChI=1S/C22H23N3O3/c1-14-9-15(2)11-17(10-14)28-8-7-25-21(26)20(24-22(25)27)12-16-13-23-19-6-4-3-5-18(16)19/h3-6,9-11,13,20,23H,7-8,12H2,1-2H3,(H,24,27)/t20-/m0/s1. The average Bonchev–Trinajstić information content (AvgIpc) is 3.17. The number of carbonyl (C=O) groups is 2. The average molecular weight is 377 g/mol. The van der Waals surface area contributed by atoms with Crippen LogP contribution in [-0.2, 0) is 11.2 Å². The first-order valence-electron chi connectivity index (χ1n) is 9.39. The van der Waals surface area contributed by atoms with Gasteiger partial charge in [0.05, 0.1) is 6.54 Å². The Hall–Kier alpha value is -3.28. The highest BCUT2D eigenvalue weighted by Gasteiger charge is 2.37. The molecule has 0 saturated carbocycles. The summed E-state index contributed by atoms with van der Waals surface area (Å²) in [5.41, 5.74) is 4.27. The Labute approximate surface area is 163 Å². The van der Waals surface area contributed by atoms with Gasteiger partial charge in [0.2, 0.25) is 0 Å². The molecule has 3 aromatic rings. The van der Waals surface area contributed by atoms with Gasteiger partial charge in [0.1, 0.15) is 18.4 Å². The maximum Gasteiger partial charge on any atom is 0.324 e. The minimum absolute atomic E-state index is 0.209. The largest absolute Gasteiger partial charge is 0.492 e. The molecule has 144 valence electrons. The van der Waals surface area contributed by atoms with Crippen molar-refractivity contribution in [2.75, 3.05) is 13.2 Å². The molecule has 0 spiro atoms. The molecule has 1 aliphatic rings. The molecule has 6 heteroatoms. The van der Waals surface area contributed by atoms with Crippen LogP contribution in [0.5, 0.6) is 5.75 Å². The topological polar surface area (TPSA) is 74.4 Å². The van der Waals surface area contributed by atoms with Crippen molar-refractivity contribution < 1.29 is 14.3 Å². The van der Waals surface area contributed by atoms with Crippen molar-refractivity contribution in [3.63, 3.8) is 0 Å². The number of aromatic nitrogens is 1. The van der Waals surface area contributed by atoms with E-state index in [1.54, 1.807) is 0 Å². The molecule has 2 aromatic carbocycles. The lowest BCUT2D eigenvalue weighted by Crippen LogP contribution is -2.35. The minimum atomic E-state index is -0.548. The van der Waals surface area contributed by atoms with Crippen LogP contribution in [-0.4, -0.2) is 41.0 Å². The second-order valence-electron chi connectivity index (χ2n) is 7.23. The maximum absolute atomic E-state index is 12.7. The summed E-state index contributed by atoms with van der Waals surface area (Å²) in [4.78, 5) is 29.4. The predicted molar refractivity (Wildman–Crippen MR) is 107 cm³/mol. The molecule has 28 heavy (non-hydrogen) atoms. The van der Waals surface area contributed by atoms with E-state index in [1.165, 1.54) is 4.90 Å². The molecule has 6 nitrogen and oxygen atoms in total. The zero-order valence-electron chi connectivity index (χ0n) is 16.0. The maximum atomic E-state index is 12.7. The molecule has 1 saturated heterocycles. The summed E-state index contributed by atoms with van der Waals surface area (Å²) in [6.07, 6.45) is 2.36. The first-order chi connectivity index (χ1) is 13.5. The molecule has 2 N–H and O–H groups in total. The molecule has 4 rings (SSSR count). The Morgan fingerprint density at radius 3 is 2.61 bits per heavy atom. The summed E-state index contributed by atoms with van der Waals surface area (Å²) >= 11 is 0. The van der Waals surface area contributed by atoms with Gasteiger partial charge in [-0.25, -0.2) is 4.79 Å². The van der Waals surface area contributed by atoms with Gasteiger partial charge in [0, 0.05) is 23.5 Å². The van der Waals surface area contributed by atoms with Crippen LogP contribution in [0, 0.1) is 13.8 Å². The minimum Gasteiger partial charge on any atom is -0.492 e. The van der Waals surface area contributed by atoms with E-state index in [2.05, 4.69) is 16.4 Å². The molecule has 0 radical (unpaired) electrons. The van der Waals surface area contributed by atoms with Crippen LogP contribution < -0.4 is 10.1 Å². The third kappa shape index (κ3) is 3.58. The zero-order chi connectivity index (χ0) is 19.7. The highest BCUT2D eigenvalue weighted by molar-refractivity contribution is 6.04. The monoisotopic (exact) mass is 377 g/mol. The molecule has 1 aliphatic heterocycles. The van der Waals surface area contributed by atoms with Gasteiger partial charge in [-0.05, 0) is 48.7 Å². The summed E-state index contributed by atoms with van der Waals surface area (Å²) in [6, 6.07) is 13.0. The van der Waals surface area contributed by atoms with E-state index in [9.17, 15) is 9.59 Å². The van der Waals surface area contributed by atoms with Crippen LogP contribution in [0.2, 0.25) is 0 Å². The number of nitrogens with zero attached hydrogens (tertiary/aromatic N) is 1. The van der Waals surface area contributed by atoms with Gasteiger partial charge in [-0.2, -0.15) is 0 Å². The molecular formula is C22H23N3O3. The van der Waals surface area contributed by atoms with E-state index in [0.717, 1.165) is 33.3 Å². The van der Waals surface area contributed by atoms with Crippen LogP contribution in [0.25, 0.3) is 10.9 Å². The Morgan fingerprint density at radius 1 is 1.07 bits per heavy atom. The van der Waals surface area contributed by atoms with Crippen molar-refractivity contribution >= 4 is 22.8 Å². The van der Waals surface area contributed by atoms with E-state index < -0.39 is 6.04 Å². The number of ether oxygens (including phenoxy) is 1. The Kier molecular flexibility index (Phi) is 4.77. The molecule has 1 fully saturated rings. The highest BCUT2D eigenvalue weighted by Crippen LogP contribution is 2.21. The lowest BCUT2D eigenvalue weighted by Gasteiger charge is -2.14. The number of amides is 3. The van der Waals surface area contributed by atoms with E-state index in [1.807, 2.05) is 56.4 Å². The molecule has 3 amide bonds. The van der Waals surface area contributed by atoms with E-state index >= 15 is 0 Å². The van der Waals surface area contributed by atoms with Crippen molar-refractivity contribution in [1.29, 1.82) is 0 Å². The number of aryl methyl sites for hydroxylation is 2. The number of carbonyl (C=O) groups excluding carboxylic acids is 2.